The fourth-order valence-corrected chi connectivity index (χ4v) is 0.664. The molecule has 62 valence electrons. The highest BCUT2D eigenvalue weighted by atomic mass is 15.1. The largest absolute Gasteiger partial charge is 0.330 e. The van der Waals surface area contributed by atoms with Crippen molar-refractivity contribution in [1.29, 1.82) is 0 Å². The van der Waals surface area contributed by atoms with Crippen molar-refractivity contribution in [2.45, 2.75) is 32.7 Å². The first kappa shape index (κ1) is 9.92. The van der Waals surface area contributed by atoms with Gasteiger partial charge in [0.1, 0.15) is 0 Å². The van der Waals surface area contributed by atoms with Crippen LogP contribution < -0.4 is 5.73 Å². The Morgan fingerprint density at radius 3 is 2.10 bits per heavy atom. The molecule has 10 heavy (non-hydrogen) atoms. The fourth-order valence-electron chi connectivity index (χ4n) is 0.664. The summed E-state index contributed by atoms with van der Waals surface area (Å²) in [5.74, 6) is 0. The van der Waals surface area contributed by atoms with Crippen molar-refractivity contribution < 1.29 is 0 Å². The molecule has 0 saturated carbocycles. The third-order valence-corrected chi connectivity index (χ3v) is 1.84. The lowest BCUT2D eigenvalue weighted by atomic mass is 10.1. The molecule has 0 aliphatic heterocycles. The zero-order chi connectivity index (χ0) is 8.20. The topological polar surface area (TPSA) is 29.3 Å². The first-order valence-electron chi connectivity index (χ1n) is 3.90. The molecule has 0 aliphatic carbocycles. The summed E-state index contributed by atoms with van der Waals surface area (Å²) in [4.78, 5) is 2.32. The Kier molecular flexibility index (Phi) is 3.91. The summed E-state index contributed by atoms with van der Waals surface area (Å²) in [6.45, 7) is 8.52. The maximum atomic E-state index is 5.39. The van der Waals surface area contributed by atoms with Crippen LogP contribution in [0.25, 0.3) is 0 Å². The summed E-state index contributed by atoms with van der Waals surface area (Å²) in [5, 5.41) is 0. The van der Waals surface area contributed by atoms with Gasteiger partial charge < -0.3 is 10.6 Å². The molecule has 0 spiro atoms. The zero-order valence-corrected chi connectivity index (χ0v) is 7.65. The van der Waals surface area contributed by atoms with E-state index in [1.807, 2.05) is 0 Å². The second-order valence-corrected chi connectivity index (χ2v) is 3.73. The van der Waals surface area contributed by atoms with E-state index in [4.69, 9.17) is 5.73 Å². The summed E-state index contributed by atoms with van der Waals surface area (Å²) in [6.07, 6.45) is 1.09. The van der Waals surface area contributed by atoms with Gasteiger partial charge in [-0.25, -0.2) is 0 Å². The number of rotatable bonds is 3. The van der Waals surface area contributed by atoms with Crippen molar-refractivity contribution in [3.05, 3.63) is 0 Å². The predicted octanol–water partition coefficient (Wildman–Crippen LogP) is 1.07. The molecule has 2 nitrogen and oxygen atoms in total. The molecule has 0 atom stereocenters. The van der Waals surface area contributed by atoms with Gasteiger partial charge in [0.15, 0.2) is 0 Å². The second-order valence-electron chi connectivity index (χ2n) is 3.73. The van der Waals surface area contributed by atoms with Gasteiger partial charge in [-0.1, -0.05) is 0 Å². The molecule has 0 aromatic heterocycles. The molecule has 0 saturated heterocycles. The van der Waals surface area contributed by atoms with Crippen molar-refractivity contribution in [2.24, 2.45) is 5.73 Å². The van der Waals surface area contributed by atoms with Crippen LogP contribution in [0.15, 0.2) is 0 Å². The van der Waals surface area contributed by atoms with E-state index in [9.17, 15) is 0 Å². The van der Waals surface area contributed by atoms with Crippen LogP contribution in [0.2, 0.25) is 0 Å². The molecule has 0 radical (unpaired) electrons. The Bertz CT molecular complexity index is 83.7. The quantitative estimate of drug-likeness (QED) is 0.642. The first-order valence-corrected chi connectivity index (χ1v) is 3.90. The van der Waals surface area contributed by atoms with Crippen LogP contribution in [0.1, 0.15) is 27.2 Å². The summed E-state index contributed by atoms with van der Waals surface area (Å²) in [5.41, 5.74) is 5.68. The molecule has 2 heteroatoms. The highest BCUT2D eigenvalue weighted by Crippen LogP contribution is 2.09. The van der Waals surface area contributed by atoms with Gasteiger partial charge in [0.2, 0.25) is 0 Å². The first-order chi connectivity index (χ1) is 4.48. The Balaban J connectivity index is 3.52. The molecule has 0 amide bonds. The number of nitrogens with two attached hydrogens (primary N) is 1. The van der Waals surface area contributed by atoms with Crippen LogP contribution in [0, 0.1) is 0 Å². The molecular weight excluding hydrogens is 124 g/mol. The lowest BCUT2D eigenvalue weighted by molar-refractivity contribution is 0.175. The van der Waals surface area contributed by atoms with Crippen molar-refractivity contribution >= 4 is 0 Å². The van der Waals surface area contributed by atoms with Gasteiger partial charge in [-0.3, -0.25) is 0 Å². The Hall–Kier alpha value is -0.0800. The average Bonchev–Trinajstić information content (AvgIpc) is 1.80. The van der Waals surface area contributed by atoms with Crippen molar-refractivity contribution in [3.8, 4) is 0 Å². The van der Waals surface area contributed by atoms with Gasteiger partial charge in [-0.2, -0.15) is 0 Å². The van der Waals surface area contributed by atoms with Gasteiger partial charge in [0, 0.05) is 5.54 Å². The van der Waals surface area contributed by atoms with E-state index in [-0.39, 0.29) is 5.54 Å². The molecule has 0 aromatic rings. The second kappa shape index (κ2) is 3.94. The Morgan fingerprint density at radius 2 is 1.80 bits per heavy atom. The molecule has 0 rings (SSSR count). The average molecular weight is 144 g/mol. The molecule has 0 bridgehead atoms. The minimum atomic E-state index is 0.287. The fraction of sp³-hybridized carbons (Fsp3) is 1.00. The highest BCUT2D eigenvalue weighted by Gasteiger charge is 2.15. The van der Waals surface area contributed by atoms with E-state index < -0.39 is 0 Å². The molecule has 0 aromatic carbocycles. The summed E-state index contributed by atoms with van der Waals surface area (Å²) < 4.78 is 0. The van der Waals surface area contributed by atoms with Gasteiger partial charge >= 0.3 is 0 Å². The molecule has 0 heterocycles. The van der Waals surface area contributed by atoms with Crippen molar-refractivity contribution in [3.63, 3.8) is 0 Å². The van der Waals surface area contributed by atoms with E-state index in [0.717, 1.165) is 19.5 Å². The lowest BCUT2D eigenvalue weighted by Crippen LogP contribution is -2.39. The Labute approximate surface area is 64.4 Å². The summed E-state index contributed by atoms with van der Waals surface area (Å²) in [6, 6.07) is 0. The van der Waals surface area contributed by atoms with E-state index in [0.29, 0.717) is 0 Å². The summed E-state index contributed by atoms with van der Waals surface area (Å²) in [7, 11) is 2.13. The molecule has 0 fully saturated rings. The zero-order valence-electron chi connectivity index (χ0n) is 7.65. The highest BCUT2D eigenvalue weighted by molar-refractivity contribution is 4.72. The van der Waals surface area contributed by atoms with Crippen molar-refractivity contribution in [2.75, 3.05) is 20.1 Å². The standard InChI is InChI=1S/C8H20N2/c1-8(2,3)10(4)7-5-6-9/h5-7,9H2,1-4H3. The van der Waals surface area contributed by atoms with Crippen molar-refractivity contribution in [1.82, 2.24) is 4.90 Å². The van der Waals surface area contributed by atoms with Crippen LogP contribution in [-0.2, 0) is 0 Å². The molecule has 0 unspecified atom stereocenters. The van der Waals surface area contributed by atoms with Crippen LogP contribution in [0.5, 0.6) is 0 Å². The number of hydrogen-bond donors (Lipinski definition) is 1. The Morgan fingerprint density at radius 1 is 1.30 bits per heavy atom. The van der Waals surface area contributed by atoms with E-state index in [1.54, 1.807) is 0 Å². The molecule has 0 aliphatic rings. The maximum Gasteiger partial charge on any atom is 0.0122 e. The normalized spacial score (nSPS) is 12.6. The smallest absolute Gasteiger partial charge is 0.0122 e. The third kappa shape index (κ3) is 3.85. The molecular formula is C8H20N2. The van der Waals surface area contributed by atoms with Crippen LogP contribution >= 0.6 is 0 Å². The SMILES string of the molecule is CN(CCCN)C(C)(C)C. The van der Waals surface area contributed by atoms with E-state index >= 15 is 0 Å². The lowest BCUT2D eigenvalue weighted by Gasteiger charge is -2.31. The van der Waals surface area contributed by atoms with E-state index in [2.05, 4.69) is 32.7 Å². The monoisotopic (exact) mass is 144 g/mol. The van der Waals surface area contributed by atoms with E-state index in [1.165, 1.54) is 0 Å². The molecule has 2 N–H and O–H groups in total. The van der Waals surface area contributed by atoms with Gasteiger partial charge in [-0.05, 0) is 47.3 Å². The minimum Gasteiger partial charge on any atom is -0.330 e. The van der Waals surface area contributed by atoms with Gasteiger partial charge in [-0.15, -0.1) is 0 Å². The summed E-state index contributed by atoms with van der Waals surface area (Å²) >= 11 is 0. The van der Waals surface area contributed by atoms with Crippen LogP contribution in [0.4, 0.5) is 0 Å². The number of nitrogens with zero attached hydrogens (tertiary/aromatic N) is 1. The maximum absolute atomic E-state index is 5.39. The van der Waals surface area contributed by atoms with Gasteiger partial charge in [0.05, 0.1) is 0 Å². The van der Waals surface area contributed by atoms with Gasteiger partial charge in [0.25, 0.3) is 0 Å². The van der Waals surface area contributed by atoms with Crippen LogP contribution in [0.3, 0.4) is 0 Å². The van der Waals surface area contributed by atoms with Crippen LogP contribution in [-0.4, -0.2) is 30.6 Å². The predicted molar refractivity (Wildman–Crippen MR) is 46.1 cm³/mol. The number of hydrogen-bond acceptors (Lipinski definition) is 2. The minimum absolute atomic E-state index is 0.287. The third-order valence-electron chi connectivity index (χ3n) is 1.84.